The van der Waals surface area contributed by atoms with Crippen LogP contribution in [0.2, 0.25) is 0 Å². The topological polar surface area (TPSA) is 60.0 Å². The second kappa shape index (κ2) is 5.10. The van der Waals surface area contributed by atoms with Crippen LogP contribution < -0.4 is 5.32 Å². The fraction of sp³-hybridized carbons (Fsp3) is 0.417. The first-order chi connectivity index (χ1) is 9.24. The van der Waals surface area contributed by atoms with Gasteiger partial charge in [-0.05, 0) is 13.8 Å². The summed E-state index contributed by atoms with van der Waals surface area (Å²) in [5, 5.41) is 11.1. The fourth-order valence-electron chi connectivity index (χ4n) is 2.07. The summed E-state index contributed by atoms with van der Waals surface area (Å²) in [5.41, 5.74) is 2.33. The van der Waals surface area contributed by atoms with E-state index in [-0.39, 0.29) is 0 Å². The molecule has 7 heteroatoms. The van der Waals surface area contributed by atoms with Gasteiger partial charge in [0, 0.05) is 30.4 Å². The Balaban J connectivity index is 1.63. The van der Waals surface area contributed by atoms with Crippen molar-refractivity contribution in [2.75, 3.05) is 6.54 Å². The van der Waals surface area contributed by atoms with Crippen LogP contribution in [0.25, 0.3) is 4.96 Å². The zero-order valence-electron chi connectivity index (χ0n) is 11.0. The second-order valence-corrected chi connectivity index (χ2v) is 5.69. The number of aromatic nitrogens is 5. The van der Waals surface area contributed by atoms with Gasteiger partial charge in [-0.15, -0.1) is 16.4 Å². The molecule has 0 fully saturated rings. The van der Waals surface area contributed by atoms with Crippen LogP contribution in [-0.2, 0) is 13.1 Å². The summed E-state index contributed by atoms with van der Waals surface area (Å²) >= 11 is 1.73. The molecule has 0 unspecified atom stereocenters. The predicted octanol–water partition coefficient (Wildman–Crippen LogP) is 1.39. The molecule has 0 saturated carbocycles. The van der Waals surface area contributed by atoms with E-state index < -0.39 is 0 Å². The molecule has 3 heterocycles. The van der Waals surface area contributed by atoms with E-state index in [1.54, 1.807) is 17.5 Å². The Hall–Kier alpha value is -1.73. The van der Waals surface area contributed by atoms with Crippen LogP contribution in [0.3, 0.4) is 0 Å². The highest BCUT2D eigenvalue weighted by molar-refractivity contribution is 7.17. The Kier molecular flexibility index (Phi) is 3.31. The first kappa shape index (κ1) is 12.3. The summed E-state index contributed by atoms with van der Waals surface area (Å²) in [7, 11) is 0. The van der Waals surface area contributed by atoms with Gasteiger partial charge in [-0.25, -0.2) is 4.98 Å². The maximum atomic E-state index is 4.58. The van der Waals surface area contributed by atoms with Gasteiger partial charge >= 0.3 is 0 Å². The van der Waals surface area contributed by atoms with Crippen LogP contribution >= 0.6 is 11.3 Å². The van der Waals surface area contributed by atoms with Crippen LogP contribution in [0.5, 0.6) is 0 Å². The van der Waals surface area contributed by atoms with E-state index in [0.29, 0.717) is 0 Å². The molecule has 0 aromatic carbocycles. The van der Waals surface area contributed by atoms with Crippen molar-refractivity contribution in [2.45, 2.75) is 26.9 Å². The van der Waals surface area contributed by atoms with E-state index in [0.717, 1.165) is 30.3 Å². The van der Waals surface area contributed by atoms with Crippen molar-refractivity contribution in [1.82, 2.24) is 29.7 Å². The lowest BCUT2D eigenvalue weighted by Crippen LogP contribution is -2.21. The molecule has 0 aliphatic rings. The summed E-state index contributed by atoms with van der Waals surface area (Å²) in [5.74, 6) is 0. The number of rotatable bonds is 5. The molecule has 100 valence electrons. The maximum Gasteiger partial charge on any atom is 0.194 e. The van der Waals surface area contributed by atoms with Crippen molar-refractivity contribution < 1.29 is 0 Å². The molecule has 19 heavy (non-hydrogen) atoms. The normalized spacial score (nSPS) is 11.5. The molecule has 0 bridgehead atoms. The summed E-state index contributed by atoms with van der Waals surface area (Å²) < 4.78 is 4.00. The van der Waals surface area contributed by atoms with Crippen LogP contribution in [0.15, 0.2) is 18.6 Å². The van der Waals surface area contributed by atoms with E-state index in [1.165, 1.54) is 10.6 Å². The summed E-state index contributed by atoms with van der Waals surface area (Å²) in [6.07, 6.45) is 5.71. The van der Waals surface area contributed by atoms with Crippen LogP contribution in [0, 0.1) is 13.8 Å². The van der Waals surface area contributed by atoms with Crippen molar-refractivity contribution in [3.63, 3.8) is 0 Å². The summed E-state index contributed by atoms with van der Waals surface area (Å²) in [6.45, 7) is 6.67. The molecular weight excluding hydrogens is 260 g/mol. The number of fused-ring (bicyclic) bond motifs is 1. The third-order valence-electron chi connectivity index (χ3n) is 3.02. The van der Waals surface area contributed by atoms with Crippen molar-refractivity contribution >= 4 is 16.3 Å². The van der Waals surface area contributed by atoms with Gasteiger partial charge in [-0.1, -0.05) is 5.21 Å². The molecule has 0 aliphatic heterocycles. The average Bonchev–Trinajstić information content (AvgIpc) is 3.03. The van der Waals surface area contributed by atoms with Gasteiger partial charge in [0.25, 0.3) is 0 Å². The minimum Gasteiger partial charge on any atom is -0.309 e. The lowest BCUT2D eigenvalue weighted by atomic mass is 10.3. The molecule has 0 aliphatic carbocycles. The number of thiazole rings is 1. The van der Waals surface area contributed by atoms with Crippen molar-refractivity contribution in [3.05, 3.63) is 34.9 Å². The lowest BCUT2D eigenvalue weighted by molar-refractivity contribution is 0.536. The highest BCUT2D eigenvalue weighted by Gasteiger charge is 2.10. The number of nitrogens with one attached hydrogen (secondary N) is 1. The summed E-state index contributed by atoms with van der Waals surface area (Å²) in [6, 6.07) is 0. The minimum absolute atomic E-state index is 0.817. The molecule has 0 amide bonds. The second-order valence-electron chi connectivity index (χ2n) is 4.48. The van der Waals surface area contributed by atoms with Gasteiger partial charge in [0.15, 0.2) is 4.96 Å². The fourth-order valence-corrected chi connectivity index (χ4v) is 2.96. The highest BCUT2D eigenvalue weighted by Crippen LogP contribution is 2.20. The SMILES string of the molecule is Cc1cn2c(CNCCn3ccnn3)c(C)nc2s1. The number of hydrogen-bond donors (Lipinski definition) is 1. The molecule has 3 rings (SSSR count). The van der Waals surface area contributed by atoms with Crippen molar-refractivity contribution in [3.8, 4) is 0 Å². The highest BCUT2D eigenvalue weighted by atomic mass is 32.1. The predicted molar refractivity (Wildman–Crippen MR) is 74.3 cm³/mol. The van der Waals surface area contributed by atoms with E-state index in [9.17, 15) is 0 Å². The van der Waals surface area contributed by atoms with Gasteiger partial charge in [0.1, 0.15) is 0 Å². The monoisotopic (exact) mass is 276 g/mol. The zero-order valence-corrected chi connectivity index (χ0v) is 11.8. The Morgan fingerprint density at radius 3 is 3.05 bits per heavy atom. The summed E-state index contributed by atoms with van der Waals surface area (Å²) in [4.78, 5) is 6.93. The van der Waals surface area contributed by atoms with Gasteiger partial charge in [0.05, 0.1) is 24.1 Å². The van der Waals surface area contributed by atoms with E-state index in [2.05, 4.69) is 45.1 Å². The molecule has 1 N–H and O–H groups in total. The van der Waals surface area contributed by atoms with Gasteiger partial charge in [-0.3, -0.25) is 9.08 Å². The van der Waals surface area contributed by atoms with Gasteiger partial charge < -0.3 is 5.32 Å². The molecule has 3 aromatic rings. The molecule has 0 atom stereocenters. The Morgan fingerprint density at radius 2 is 2.26 bits per heavy atom. The Labute approximate surface area is 115 Å². The van der Waals surface area contributed by atoms with Crippen molar-refractivity contribution in [2.24, 2.45) is 0 Å². The van der Waals surface area contributed by atoms with Crippen LogP contribution in [0.1, 0.15) is 16.3 Å². The van der Waals surface area contributed by atoms with Gasteiger partial charge in [-0.2, -0.15) is 0 Å². The standard InChI is InChI=1S/C12H16N6S/c1-9-8-18-11(10(2)15-12(18)19-9)7-13-3-5-17-6-4-14-16-17/h4,6,8,13H,3,5,7H2,1-2H3. The average molecular weight is 276 g/mol. The number of aryl methyl sites for hydroxylation is 2. The van der Waals surface area contributed by atoms with Crippen molar-refractivity contribution in [1.29, 1.82) is 0 Å². The van der Waals surface area contributed by atoms with Crippen LogP contribution in [0.4, 0.5) is 0 Å². The molecule has 0 spiro atoms. The largest absolute Gasteiger partial charge is 0.309 e. The zero-order chi connectivity index (χ0) is 13.2. The number of hydrogen-bond acceptors (Lipinski definition) is 5. The lowest BCUT2D eigenvalue weighted by Gasteiger charge is -2.05. The third kappa shape index (κ3) is 2.52. The Morgan fingerprint density at radius 1 is 1.37 bits per heavy atom. The number of nitrogens with zero attached hydrogens (tertiary/aromatic N) is 5. The first-order valence-electron chi connectivity index (χ1n) is 6.23. The molecule has 6 nitrogen and oxygen atoms in total. The minimum atomic E-state index is 0.817. The quantitative estimate of drug-likeness (QED) is 0.716. The maximum absolute atomic E-state index is 4.58. The van der Waals surface area contributed by atoms with E-state index in [1.807, 2.05) is 10.9 Å². The first-order valence-corrected chi connectivity index (χ1v) is 7.04. The molecule has 0 saturated heterocycles. The third-order valence-corrected chi connectivity index (χ3v) is 3.92. The molecular formula is C12H16N6S. The molecule has 0 radical (unpaired) electrons. The van der Waals surface area contributed by atoms with E-state index in [4.69, 9.17) is 0 Å². The van der Waals surface area contributed by atoms with Crippen LogP contribution in [-0.4, -0.2) is 30.9 Å². The number of imidazole rings is 1. The Bertz CT molecular complexity index is 666. The van der Waals surface area contributed by atoms with Gasteiger partial charge in [0.2, 0.25) is 0 Å². The molecule has 3 aromatic heterocycles. The van der Waals surface area contributed by atoms with E-state index >= 15 is 0 Å². The smallest absolute Gasteiger partial charge is 0.194 e.